The number of carboxylic acids is 1. The van der Waals surface area contributed by atoms with Gasteiger partial charge in [-0.2, -0.15) is 18.3 Å². The van der Waals surface area contributed by atoms with Crippen LogP contribution >= 0.6 is 15.9 Å². The van der Waals surface area contributed by atoms with Gasteiger partial charge in [-0.25, -0.2) is 9.48 Å². The molecule has 0 radical (unpaired) electrons. The topological polar surface area (TPSA) is 55.1 Å². The third-order valence-electron chi connectivity index (χ3n) is 3.00. The van der Waals surface area contributed by atoms with Crippen molar-refractivity contribution in [1.29, 1.82) is 0 Å². The summed E-state index contributed by atoms with van der Waals surface area (Å²) in [4.78, 5) is 11.1. The van der Waals surface area contributed by atoms with E-state index in [4.69, 9.17) is 5.11 Å². The molecule has 1 N–H and O–H groups in total. The fourth-order valence-corrected chi connectivity index (χ4v) is 2.47. The molecule has 1 heterocycles. The molecule has 1 aromatic carbocycles. The number of rotatable bonds is 2. The van der Waals surface area contributed by atoms with Gasteiger partial charge in [0.05, 0.1) is 22.6 Å². The maximum Gasteiger partial charge on any atom is 0.418 e. The quantitative estimate of drug-likeness (QED) is 0.879. The summed E-state index contributed by atoms with van der Waals surface area (Å²) in [6, 6.07) is 3.63. The summed E-state index contributed by atoms with van der Waals surface area (Å²) in [6.07, 6.45) is -4.57. The molecule has 112 valence electrons. The molecule has 0 aliphatic heterocycles. The maximum atomic E-state index is 13.1. The molecule has 0 bridgehead atoms. The van der Waals surface area contributed by atoms with Crippen LogP contribution in [0.2, 0.25) is 0 Å². The Morgan fingerprint density at radius 1 is 1.33 bits per heavy atom. The van der Waals surface area contributed by atoms with E-state index < -0.39 is 17.7 Å². The Labute approximate surface area is 126 Å². The van der Waals surface area contributed by atoms with E-state index in [-0.39, 0.29) is 27.1 Å². The molecule has 0 atom stereocenters. The largest absolute Gasteiger partial charge is 0.478 e. The average Bonchev–Trinajstić information content (AvgIpc) is 2.63. The van der Waals surface area contributed by atoms with Gasteiger partial charge in [0, 0.05) is 4.47 Å². The number of benzene rings is 1. The van der Waals surface area contributed by atoms with Gasteiger partial charge in [0.1, 0.15) is 5.56 Å². The zero-order valence-electron chi connectivity index (χ0n) is 11.0. The molecule has 0 saturated carbocycles. The van der Waals surface area contributed by atoms with Crippen LogP contribution in [0.1, 0.15) is 27.3 Å². The van der Waals surface area contributed by atoms with Crippen LogP contribution in [0.25, 0.3) is 5.69 Å². The second-order valence-corrected chi connectivity index (χ2v) is 5.34. The van der Waals surface area contributed by atoms with Gasteiger partial charge in [0.2, 0.25) is 0 Å². The lowest BCUT2D eigenvalue weighted by atomic mass is 10.1. The highest BCUT2D eigenvalue weighted by Crippen LogP contribution is 2.36. The highest BCUT2D eigenvalue weighted by molar-refractivity contribution is 9.10. The summed E-state index contributed by atoms with van der Waals surface area (Å²) in [6.45, 7) is 2.87. The summed E-state index contributed by atoms with van der Waals surface area (Å²) in [5, 5.41) is 13.0. The second kappa shape index (κ2) is 5.18. The minimum Gasteiger partial charge on any atom is -0.478 e. The minimum absolute atomic E-state index is 0.0916. The van der Waals surface area contributed by atoms with Crippen molar-refractivity contribution >= 4 is 21.9 Å². The first-order chi connectivity index (χ1) is 9.62. The van der Waals surface area contributed by atoms with Crippen LogP contribution in [0.4, 0.5) is 13.2 Å². The summed E-state index contributed by atoms with van der Waals surface area (Å²) in [5.41, 5.74) is -0.881. The van der Waals surface area contributed by atoms with E-state index >= 15 is 0 Å². The Hall–Kier alpha value is -1.83. The lowest BCUT2D eigenvalue weighted by Gasteiger charge is -2.14. The first-order valence-corrected chi connectivity index (χ1v) is 6.59. The second-order valence-electron chi connectivity index (χ2n) is 4.42. The van der Waals surface area contributed by atoms with E-state index in [2.05, 4.69) is 21.0 Å². The number of aromatic nitrogens is 2. The molecule has 0 amide bonds. The Bertz CT molecular complexity index is 723. The molecule has 1 aromatic heterocycles. The zero-order chi connectivity index (χ0) is 15.9. The van der Waals surface area contributed by atoms with Gasteiger partial charge in [-0.15, -0.1) is 0 Å². The number of aromatic carboxylic acids is 1. The first-order valence-electron chi connectivity index (χ1n) is 5.79. The van der Waals surface area contributed by atoms with Crippen LogP contribution in [0.15, 0.2) is 22.7 Å². The minimum atomic E-state index is -4.57. The predicted octanol–water partition coefficient (Wildman–Crippen LogP) is 3.97. The number of carboxylic acid groups (broad SMARTS) is 1. The van der Waals surface area contributed by atoms with Gasteiger partial charge >= 0.3 is 12.1 Å². The van der Waals surface area contributed by atoms with Crippen molar-refractivity contribution in [3.63, 3.8) is 0 Å². The molecular formula is C13H10BrF3N2O2. The average molecular weight is 363 g/mol. The van der Waals surface area contributed by atoms with Crippen molar-refractivity contribution in [2.75, 3.05) is 0 Å². The molecule has 0 aliphatic rings. The van der Waals surface area contributed by atoms with Crippen LogP contribution in [0.5, 0.6) is 0 Å². The number of alkyl halides is 3. The summed E-state index contributed by atoms with van der Waals surface area (Å²) in [7, 11) is 0. The Morgan fingerprint density at radius 2 is 1.95 bits per heavy atom. The number of carbonyl (C=O) groups is 1. The molecule has 0 spiro atoms. The van der Waals surface area contributed by atoms with E-state index in [1.807, 2.05) is 0 Å². The molecule has 0 saturated heterocycles. The number of hydrogen-bond acceptors (Lipinski definition) is 2. The monoisotopic (exact) mass is 362 g/mol. The van der Waals surface area contributed by atoms with Crippen molar-refractivity contribution in [3.05, 3.63) is 45.2 Å². The van der Waals surface area contributed by atoms with Crippen molar-refractivity contribution in [2.45, 2.75) is 20.0 Å². The molecular weight excluding hydrogens is 353 g/mol. The van der Waals surface area contributed by atoms with Crippen LogP contribution < -0.4 is 0 Å². The molecule has 0 unspecified atom stereocenters. The van der Waals surface area contributed by atoms with E-state index in [1.54, 1.807) is 0 Å². The van der Waals surface area contributed by atoms with Gasteiger partial charge in [-0.1, -0.05) is 15.9 Å². The van der Waals surface area contributed by atoms with Gasteiger partial charge in [0.25, 0.3) is 0 Å². The van der Waals surface area contributed by atoms with Gasteiger partial charge in [-0.3, -0.25) is 0 Å². The Kier molecular flexibility index (Phi) is 3.83. The standard InChI is InChI=1S/C13H10BrF3N2O2/c1-6-11(12(20)21)7(2)19(18-6)10-4-3-8(14)5-9(10)13(15,16)17/h3-5H,1-2H3,(H,20,21). The lowest BCUT2D eigenvalue weighted by molar-refractivity contribution is -0.137. The van der Waals surface area contributed by atoms with Gasteiger partial charge in [-0.05, 0) is 32.0 Å². The fraction of sp³-hybridized carbons (Fsp3) is 0.231. The number of hydrogen-bond donors (Lipinski definition) is 1. The number of nitrogens with zero attached hydrogens (tertiary/aromatic N) is 2. The molecule has 21 heavy (non-hydrogen) atoms. The van der Waals surface area contributed by atoms with E-state index in [0.717, 1.165) is 10.7 Å². The Morgan fingerprint density at radius 3 is 2.43 bits per heavy atom. The number of aryl methyl sites for hydroxylation is 1. The lowest BCUT2D eigenvalue weighted by Crippen LogP contribution is -2.13. The highest BCUT2D eigenvalue weighted by atomic mass is 79.9. The predicted molar refractivity (Wildman–Crippen MR) is 72.7 cm³/mol. The third-order valence-corrected chi connectivity index (χ3v) is 3.49. The Balaban J connectivity index is 2.74. The summed E-state index contributed by atoms with van der Waals surface area (Å²) >= 11 is 3.00. The van der Waals surface area contributed by atoms with Crippen molar-refractivity contribution in [3.8, 4) is 5.69 Å². The summed E-state index contributed by atoms with van der Waals surface area (Å²) in [5.74, 6) is -1.22. The first kappa shape index (κ1) is 15.6. The third kappa shape index (κ3) is 2.80. The smallest absolute Gasteiger partial charge is 0.418 e. The molecule has 2 rings (SSSR count). The van der Waals surface area contributed by atoms with Crippen LogP contribution in [0, 0.1) is 13.8 Å². The highest BCUT2D eigenvalue weighted by Gasteiger charge is 2.35. The molecule has 8 heteroatoms. The van der Waals surface area contributed by atoms with Crippen molar-refractivity contribution < 1.29 is 23.1 Å². The van der Waals surface area contributed by atoms with Gasteiger partial charge in [0.15, 0.2) is 0 Å². The van der Waals surface area contributed by atoms with Crippen LogP contribution in [-0.2, 0) is 6.18 Å². The van der Waals surface area contributed by atoms with E-state index in [0.29, 0.717) is 0 Å². The van der Waals surface area contributed by atoms with Crippen molar-refractivity contribution in [1.82, 2.24) is 9.78 Å². The molecule has 2 aromatic rings. The van der Waals surface area contributed by atoms with Crippen molar-refractivity contribution in [2.24, 2.45) is 0 Å². The molecule has 0 fully saturated rings. The fourth-order valence-electron chi connectivity index (χ4n) is 2.11. The normalized spacial score (nSPS) is 11.7. The molecule has 0 aliphatic carbocycles. The number of halogens is 4. The van der Waals surface area contributed by atoms with Crippen LogP contribution in [0.3, 0.4) is 0 Å². The van der Waals surface area contributed by atoms with E-state index in [1.165, 1.54) is 26.0 Å². The SMILES string of the molecule is Cc1nn(-c2ccc(Br)cc2C(F)(F)F)c(C)c1C(=O)O. The maximum absolute atomic E-state index is 13.1. The summed E-state index contributed by atoms with van der Waals surface area (Å²) < 4.78 is 40.7. The van der Waals surface area contributed by atoms with Gasteiger partial charge < -0.3 is 5.11 Å². The zero-order valence-corrected chi connectivity index (χ0v) is 12.6. The van der Waals surface area contributed by atoms with Crippen LogP contribution in [-0.4, -0.2) is 20.9 Å². The molecule has 4 nitrogen and oxygen atoms in total. The van der Waals surface area contributed by atoms with E-state index in [9.17, 15) is 18.0 Å².